The second-order valence-electron chi connectivity index (χ2n) is 3.22. The van der Waals surface area contributed by atoms with Crippen molar-refractivity contribution >= 4 is 11.9 Å². The second kappa shape index (κ2) is 5.15. The van der Waals surface area contributed by atoms with E-state index >= 15 is 0 Å². The summed E-state index contributed by atoms with van der Waals surface area (Å²) in [6, 6.07) is 7.27. The minimum absolute atomic E-state index is 0.666. The first kappa shape index (κ1) is 11.2. The molecule has 15 heavy (non-hydrogen) atoms. The van der Waals surface area contributed by atoms with Crippen LogP contribution in [0.4, 0.5) is 0 Å². The number of rotatable bonds is 4. The number of methoxy groups -OCH3 is 1. The van der Waals surface area contributed by atoms with Gasteiger partial charge in [0.05, 0.1) is 12.9 Å². The van der Waals surface area contributed by atoms with E-state index in [0.717, 1.165) is 23.2 Å². The van der Waals surface area contributed by atoms with Gasteiger partial charge in [0, 0.05) is 5.56 Å². The minimum Gasteiger partial charge on any atom is -0.501 e. The average molecular weight is 202 g/mol. The number of benzene rings is 1. The molecule has 0 saturated heterocycles. The van der Waals surface area contributed by atoms with E-state index in [0.29, 0.717) is 5.56 Å². The lowest BCUT2D eigenvalue weighted by Crippen LogP contribution is -1.85. The lowest BCUT2D eigenvalue weighted by Gasteiger charge is -2.03. The van der Waals surface area contributed by atoms with E-state index in [1.54, 1.807) is 19.2 Å². The molecule has 2 nitrogen and oxygen atoms in total. The Bertz CT molecular complexity index is 386. The summed E-state index contributed by atoms with van der Waals surface area (Å²) in [6.07, 6.45) is 2.68. The molecule has 0 unspecified atom stereocenters. The summed E-state index contributed by atoms with van der Waals surface area (Å²) in [6.45, 7) is 5.79. The van der Waals surface area contributed by atoms with Gasteiger partial charge in [-0.05, 0) is 24.1 Å². The number of aldehydes is 1. The first-order chi connectivity index (χ1) is 7.17. The fraction of sp³-hybridized carbons (Fsp3) is 0.154. The van der Waals surface area contributed by atoms with Crippen LogP contribution in [0.2, 0.25) is 0 Å². The van der Waals surface area contributed by atoms with Gasteiger partial charge in [-0.15, -0.1) is 0 Å². The Morgan fingerprint density at radius 2 is 1.93 bits per heavy atom. The summed E-state index contributed by atoms with van der Waals surface area (Å²) in [7, 11) is 1.62. The van der Waals surface area contributed by atoms with Crippen molar-refractivity contribution in [1.29, 1.82) is 0 Å². The molecular formula is C13H14O2. The highest BCUT2D eigenvalue weighted by atomic mass is 16.5. The molecule has 1 rings (SSSR count). The molecule has 78 valence electrons. The molecule has 0 heterocycles. The van der Waals surface area contributed by atoms with E-state index in [4.69, 9.17) is 4.74 Å². The van der Waals surface area contributed by atoms with Crippen LogP contribution in [0.5, 0.6) is 0 Å². The van der Waals surface area contributed by atoms with E-state index in [-0.39, 0.29) is 0 Å². The standard InChI is InChI=1S/C13H14O2/c1-10(8-11(2)15-3)13-6-4-12(9-14)5-7-13/h4-9H,1H2,2-3H3/b11-8+. The van der Waals surface area contributed by atoms with Crippen molar-refractivity contribution in [2.45, 2.75) is 6.92 Å². The van der Waals surface area contributed by atoms with Gasteiger partial charge in [-0.25, -0.2) is 0 Å². The van der Waals surface area contributed by atoms with E-state index in [1.807, 2.05) is 25.1 Å². The normalized spacial score (nSPS) is 10.9. The van der Waals surface area contributed by atoms with Crippen LogP contribution in [0.15, 0.2) is 42.7 Å². The predicted molar refractivity (Wildman–Crippen MR) is 61.6 cm³/mol. The lowest BCUT2D eigenvalue weighted by atomic mass is 10.1. The monoisotopic (exact) mass is 202 g/mol. The van der Waals surface area contributed by atoms with Crippen LogP contribution < -0.4 is 0 Å². The smallest absolute Gasteiger partial charge is 0.150 e. The van der Waals surface area contributed by atoms with Crippen LogP contribution in [0.3, 0.4) is 0 Å². The molecule has 0 spiro atoms. The molecule has 1 aromatic rings. The lowest BCUT2D eigenvalue weighted by molar-refractivity contribution is 0.112. The zero-order valence-electron chi connectivity index (χ0n) is 8.99. The third-order valence-electron chi connectivity index (χ3n) is 2.12. The van der Waals surface area contributed by atoms with E-state index in [1.165, 1.54) is 0 Å². The first-order valence-corrected chi connectivity index (χ1v) is 4.64. The summed E-state index contributed by atoms with van der Waals surface area (Å²) >= 11 is 0. The van der Waals surface area contributed by atoms with Crippen molar-refractivity contribution in [1.82, 2.24) is 0 Å². The number of hydrogen-bond donors (Lipinski definition) is 0. The largest absolute Gasteiger partial charge is 0.501 e. The van der Waals surface area contributed by atoms with Crippen LogP contribution in [0, 0.1) is 0 Å². The molecule has 0 aliphatic heterocycles. The number of carbonyl (C=O) groups excluding carboxylic acids is 1. The van der Waals surface area contributed by atoms with Gasteiger partial charge in [0.2, 0.25) is 0 Å². The van der Waals surface area contributed by atoms with Gasteiger partial charge >= 0.3 is 0 Å². The van der Waals surface area contributed by atoms with Crippen LogP contribution in [-0.4, -0.2) is 13.4 Å². The molecule has 0 N–H and O–H groups in total. The van der Waals surface area contributed by atoms with Crippen LogP contribution in [0.1, 0.15) is 22.8 Å². The van der Waals surface area contributed by atoms with Gasteiger partial charge < -0.3 is 4.74 Å². The van der Waals surface area contributed by atoms with Gasteiger partial charge in [0.1, 0.15) is 6.29 Å². The topological polar surface area (TPSA) is 26.3 Å². The highest BCUT2D eigenvalue weighted by Crippen LogP contribution is 2.15. The summed E-state index contributed by atoms with van der Waals surface area (Å²) in [5.41, 5.74) is 2.52. The first-order valence-electron chi connectivity index (χ1n) is 4.64. The van der Waals surface area contributed by atoms with Gasteiger partial charge in [0.25, 0.3) is 0 Å². The van der Waals surface area contributed by atoms with Gasteiger partial charge in [-0.2, -0.15) is 0 Å². The Kier molecular flexibility index (Phi) is 3.86. The number of ether oxygens (including phenoxy) is 1. The Morgan fingerprint density at radius 3 is 2.40 bits per heavy atom. The third kappa shape index (κ3) is 3.09. The Morgan fingerprint density at radius 1 is 1.33 bits per heavy atom. The molecular weight excluding hydrogens is 188 g/mol. The SMILES string of the molecule is C=C(/C=C(\C)OC)c1ccc(C=O)cc1. The Balaban J connectivity index is 2.88. The van der Waals surface area contributed by atoms with Gasteiger partial charge in [-0.1, -0.05) is 30.8 Å². The van der Waals surface area contributed by atoms with E-state index in [9.17, 15) is 4.79 Å². The molecule has 0 aromatic heterocycles. The van der Waals surface area contributed by atoms with Gasteiger partial charge in [-0.3, -0.25) is 4.79 Å². The minimum atomic E-state index is 0.666. The summed E-state index contributed by atoms with van der Waals surface area (Å²) in [5.74, 6) is 0.805. The van der Waals surface area contributed by atoms with E-state index < -0.39 is 0 Å². The zero-order chi connectivity index (χ0) is 11.3. The molecule has 2 heteroatoms. The maximum atomic E-state index is 10.5. The van der Waals surface area contributed by atoms with Crippen molar-refractivity contribution in [2.24, 2.45) is 0 Å². The molecule has 0 radical (unpaired) electrons. The van der Waals surface area contributed by atoms with Crippen molar-refractivity contribution in [3.63, 3.8) is 0 Å². The molecule has 1 aromatic carbocycles. The fourth-order valence-corrected chi connectivity index (χ4v) is 1.16. The van der Waals surface area contributed by atoms with Crippen LogP contribution in [0.25, 0.3) is 5.57 Å². The van der Waals surface area contributed by atoms with Crippen molar-refractivity contribution in [3.05, 3.63) is 53.8 Å². The highest BCUT2D eigenvalue weighted by Gasteiger charge is 1.97. The molecule has 0 aliphatic carbocycles. The van der Waals surface area contributed by atoms with Crippen LogP contribution >= 0.6 is 0 Å². The summed E-state index contributed by atoms with van der Waals surface area (Å²) in [5, 5.41) is 0. The summed E-state index contributed by atoms with van der Waals surface area (Å²) < 4.78 is 5.03. The molecule has 0 saturated carbocycles. The summed E-state index contributed by atoms with van der Waals surface area (Å²) in [4.78, 5) is 10.5. The second-order valence-corrected chi connectivity index (χ2v) is 3.22. The molecule has 0 amide bonds. The fourth-order valence-electron chi connectivity index (χ4n) is 1.16. The maximum absolute atomic E-state index is 10.5. The number of carbonyl (C=O) groups is 1. The third-order valence-corrected chi connectivity index (χ3v) is 2.12. The molecule has 0 bridgehead atoms. The van der Waals surface area contributed by atoms with Crippen molar-refractivity contribution in [2.75, 3.05) is 7.11 Å². The molecule has 0 atom stereocenters. The quantitative estimate of drug-likeness (QED) is 0.426. The Labute approximate surface area is 89.9 Å². The van der Waals surface area contributed by atoms with Gasteiger partial charge in [0.15, 0.2) is 0 Å². The van der Waals surface area contributed by atoms with Crippen molar-refractivity contribution < 1.29 is 9.53 Å². The average Bonchev–Trinajstić information content (AvgIpc) is 2.29. The number of hydrogen-bond acceptors (Lipinski definition) is 2. The predicted octanol–water partition coefficient (Wildman–Crippen LogP) is 3.06. The molecule has 0 aliphatic rings. The number of allylic oxidation sites excluding steroid dienone is 3. The highest BCUT2D eigenvalue weighted by molar-refractivity contribution is 5.78. The molecule has 0 fully saturated rings. The van der Waals surface area contributed by atoms with E-state index in [2.05, 4.69) is 6.58 Å². The maximum Gasteiger partial charge on any atom is 0.150 e. The van der Waals surface area contributed by atoms with Crippen molar-refractivity contribution in [3.8, 4) is 0 Å². The Hall–Kier alpha value is -1.83. The zero-order valence-corrected chi connectivity index (χ0v) is 8.99. The van der Waals surface area contributed by atoms with Crippen LogP contribution in [-0.2, 0) is 4.74 Å².